The molecule has 3 amide bonds. The van der Waals surface area contributed by atoms with Gasteiger partial charge in [-0.15, -0.1) is 5.10 Å². The highest BCUT2D eigenvalue weighted by molar-refractivity contribution is 6.04. The summed E-state index contributed by atoms with van der Waals surface area (Å²) in [7, 11) is 0. The predicted octanol–water partition coefficient (Wildman–Crippen LogP) is 1.78. The molecule has 0 radical (unpaired) electrons. The fourth-order valence-corrected chi connectivity index (χ4v) is 2.97. The number of pyridine rings is 1. The molecule has 1 unspecified atom stereocenters. The number of hydrogen-bond acceptors (Lipinski definition) is 5. The summed E-state index contributed by atoms with van der Waals surface area (Å²) >= 11 is 0. The molecule has 1 aliphatic heterocycles. The summed E-state index contributed by atoms with van der Waals surface area (Å²) in [5.74, 6) is 1.62. The van der Waals surface area contributed by atoms with E-state index in [1.54, 1.807) is 10.9 Å². The van der Waals surface area contributed by atoms with Crippen molar-refractivity contribution in [3.63, 3.8) is 0 Å². The molecule has 1 atom stereocenters. The van der Waals surface area contributed by atoms with Crippen molar-refractivity contribution in [2.45, 2.75) is 25.8 Å². The van der Waals surface area contributed by atoms with Gasteiger partial charge in [0.1, 0.15) is 11.9 Å². The fourth-order valence-electron chi connectivity index (χ4n) is 2.97. The normalized spacial score (nSPS) is 16.3. The molecule has 0 spiro atoms. The van der Waals surface area contributed by atoms with E-state index in [0.29, 0.717) is 30.3 Å². The van der Waals surface area contributed by atoms with Gasteiger partial charge in [-0.25, -0.2) is 14.8 Å². The fraction of sp³-hybridized carbons (Fsp3) is 0.211. The third-order valence-electron chi connectivity index (χ3n) is 4.34. The van der Waals surface area contributed by atoms with E-state index in [9.17, 15) is 9.59 Å². The average Bonchev–Trinajstić information content (AvgIpc) is 3.23. The van der Waals surface area contributed by atoms with E-state index in [-0.39, 0.29) is 5.91 Å². The zero-order valence-corrected chi connectivity index (χ0v) is 14.7. The third kappa shape index (κ3) is 3.55. The summed E-state index contributed by atoms with van der Waals surface area (Å²) in [6.07, 6.45) is 2.62. The molecule has 4 rings (SSSR count). The number of nitrogens with zero attached hydrogens (tertiary/aromatic N) is 4. The first-order chi connectivity index (χ1) is 13.1. The van der Waals surface area contributed by atoms with Crippen LogP contribution in [0.2, 0.25) is 0 Å². The number of rotatable bonds is 5. The van der Waals surface area contributed by atoms with Gasteiger partial charge < -0.3 is 5.32 Å². The highest BCUT2D eigenvalue weighted by Gasteiger charge is 2.29. The smallest absolute Gasteiger partial charge is 0.322 e. The molecule has 2 aromatic heterocycles. The molecule has 27 heavy (non-hydrogen) atoms. The Bertz CT molecular complexity index is 998. The lowest BCUT2D eigenvalue weighted by atomic mass is 10.1. The summed E-state index contributed by atoms with van der Waals surface area (Å²) in [4.78, 5) is 32.1. The van der Waals surface area contributed by atoms with Crippen molar-refractivity contribution in [2.75, 3.05) is 0 Å². The third-order valence-corrected chi connectivity index (χ3v) is 4.34. The van der Waals surface area contributed by atoms with Crippen molar-refractivity contribution in [3.05, 3.63) is 60.0 Å². The van der Waals surface area contributed by atoms with Gasteiger partial charge in [-0.2, -0.15) is 4.68 Å². The van der Waals surface area contributed by atoms with Crippen molar-refractivity contribution in [1.82, 2.24) is 30.4 Å². The molecule has 0 bridgehead atoms. The number of aromatic nitrogens is 4. The number of aryl methyl sites for hydroxylation is 2. The lowest BCUT2D eigenvalue weighted by Gasteiger charge is -2.08. The van der Waals surface area contributed by atoms with Gasteiger partial charge in [0.2, 0.25) is 0 Å². The largest absolute Gasteiger partial charge is 0.326 e. The van der Waals surface area contributed by atoms with Crippen molar-refractivity contribution in [2.24, 2.45) is 0 Å². The lowest BCUT2D eigenvalue weighted by molar-refractivity contribution is -0.120. The molecule has 2 N–H and O–H groups in total. The minimum Gasteiger partial charge on any atom is -0.326 e. The van der Waals surface area contributed by atoms with Crippen LogP contribution in [0.25, 0.3) is 17.2 Å². The van der Waals surface area contributed by atoms with Crippen LogP contribution >= 0.6 is 0 Å². The molecule has 0 aliphatic carbocycles. The Hall–Kier alpha value is -3.55. The second-order valence-corrected chi connectivity index (χ2v) is 6.37. The molecule has 136 valence electrons. The van der Waals surface area contributed by atoms with Gasteiger partial charge >= 0.3 is 6.03 Å². The van der Waals surface area contributed by atoms with E-state index in [4.69, 9.17) is 0 Å². The molecular formula is C19H18N6O2. The average molecular weight is 362 g/mol. The van der Waals surface area contributed by atoms with E-state index >= 15 is 0 Å². The Balaban J connectivity index is 1.67. The molecule has 3 aromatic rings. The van der Waals surface area contributed by atoms with E-state index in [1.807, 2.05) is 49.4 Å². The molecule has 1 saturated heterocycles. The molecule has 3 heterocycles. The molecule has 8 heteroatoms. The topological polar surface area (TPSA) is 102 Å². The lowest BCUT2D eigenvalue weighted by Crippen LogP contribution is -2.29. The van der Waals surface area contributed by atoms with Gasteiger partial charge in [0.25, 0.3) is 5.91 Å². The van der Waals surface area contributed by atoms with Crippen molar-refractivity contribution in [1.29, 1.82) is 0 Å². The van der Waals surface area contributed by atoms with Crippen molar-refractivity contribution >= 4 is 11.9 Å². The van der Waals surface area contributed by atoms with Gasteiger partial charge in [-0.05, 0) is 31.0 Å². The van der Waals surface area contributed by atoms with Gasteiger partial charge in [-0.1, -0.05) is 30.3 Å². The summed E-state index contributed by atoms with van der Waals surface area (Å²) in [5.41, 5.74) is 1.96. The predicted molar refractivity (Wildman–Crippen MR) is 98.1 cm³/mol. The van der Waals surface area contributed by atoms with E-state index in [1.165, 1.54) is 0 Å². The van der Waals surface area contributed by atoms with Crippen LogP contribution in [0.4, 0.5) is 4.79 Å². The zero-order chi connectivity index (χ0) is 18.8. The summed E-state index contributed by atoms with van der Waals surface area (Å²) < 4.78 is 1.70. The van der Waals surface area contributed by atoms with Crippen LogP contribution < -0.4 is 10.6 Å². The number of amides is 3. The monoisotopic (exact) mass is 362 g/mol. The van der Waals surface area contributed by atoms with Gasteiger partial charge in [-0.3, -0.25) is 10.1 Å². The van der Waals surface area contributed by atoms with Gasteiger partial charge in [0, 0.05) is 18.2 Å². The first-order valence-electron chi connectivity index (χ1n) is 8.66. The molecule has 8 nitrogen and oxygen atoms in total. The Morgan fingerprint density at radius 1 is 1.15 bits per heavy atom. The first-order valence-corrected chi connectivity index (χ1v) is 8.66. The number of hydrogen-bond donors (Lipinski definition) is 2. The number of urea groups is 1. The number of imide groups is 1. The molecular weight excluding hydrogens is 344 g/mol. The Morgan fingerprint density at radius 2 is 1.96 bits per heavy atom. The van der Waals surface area contributed by atoms with Crippen molar-refractivity contribution < 1.29 is 9.59 Å². The minimum atomic E-state index is -0.562. The summed E-state index contributed by atoms with van der Waals surface area (Å²) in [5, 5.41) is 9.48. The second-order valence-electron chi connectivity index (χ2n) is 6.37. The van der Waals surface area contributed by atoms with Crippen LogP contribution in [0.1, 0.15) is 17.8 Å². The highest BCUT2D eigenvalue weighted by atomic mass is 16.2. The molecule has 0 saturated carbocycles. The number of nitrogens with one attached hydrogen (secondary N) is 2. The second kappa shape index (κ2) is 6.99. The van der Waals surface area contributed by atoms with Gasteiger partial charge in [0.05, 0.1) is 0 Å². The van der Waals surface area contributed by atoms with Crippen LogP contribution in [0.3, 0.4) is 0 Å². The number of benzene rings is 1. The van der Waals surface area contributed by atoms with Gasteiger partial charge in [0.15, 0.2) is 11.6 Å². The van der Waals surface area contributed by atoms with Crippen LogP contribution in [-0.4, -0.2) is 37.7 Å². The zero-order valence-electron chi connectivity index (χ0n) is 14.7. The Labute approximate surface area is 155 Å². The highest BCUT2D eigenvalue weighted by Crippen LogP contribution is 2.19. The Kier molecular flexibility index (Phi) is 4.37. The van der Waals surface area contributed by atoms with Crippen molar-refractivity contribution in [3.8, 4) is 17.2 Å². The van der Waals surface area contributed by atoms with Crippen LogP contribution in [0.15, 0.2) is 48.7 Å². The molecule has 1 aliphatic rings. The van der Waals surface area contributed by atoms with Crippen LogP contribution in [0.5, 0.6) is 0 Å². The SMILES string of the molecule is Cc1ccnc(-n2nc(-c3ccccc3)nc2CCC2NC(=O)NC2=O)c1. The molecule has 1 fully saturated rings. The Morgan fingerprint density at radius 3 is 2.67 bits per heavy atom. The maximum absolute atomic E-state index is 11.8. The quantitative estimate of drug-likeness (QED) is 0.674. The van der Waals surface area contributed by atoms with Crippen LogP contribution in [0, 0.1) is 6.92 Å². The maximum Gasteiger partial charge on any atom is 0.322 e. The van der Waals surface area contributed by atoms with Crippen LogP contribution in [-0.2, 0) is 11.2 Å². The minimum absolute atomic E-state index is 0.317. The van der Waals surface area contributed by atoms with E-state index < -0.39 is 12.1 Å². The molecule has 1 aromatic carbocycles. The first kappa shape index (κ1) is 16.9. The van der Waals surface area contributed by atoms with E-state index in [0.717, 1.165) is 11.1 Å². The summed E-state index contributed by atoms with van der Waals surface area (Å²) in [6.45, 7) is 1.98. The van der Waals surface area contributed by atoms with E-state index in [2.05, 4.69) is 25.7 Å². The number of carbonyl (C=O) groups is 2. The standard InChI is InChI=1S/C19H18N6O2/c1-12-9-10-20-16(11-12)25-15(8-7-14-18(26)23-19(27)21-14)22-17(24-25)13-5-3-2-4-6-13/h2-6,9-11,14H,7-8H2,1H3,(H2,21,23,26,27). The number of carbonyl (C=O) groups excluding carboxylic acids is 2. The summed E-state index contributed by atoms with van der Waals surface area (Å²) in [6, 6.07) is 12.5. The maximum atomic E-state index is 11.8.